The minimum atomic E-state index is -3.65. The predicted octanol–water partition coefficient (Wildman–Crippen LogP) is 2.93. The zero-order chi connectivity index (χ0) is 21.0. The van der Waals surface area contributed by atoms with E-state index in [0.29, 0.717) is 45.6 Å². The van der Waals surface area contributed by atoms with Gasteiger partial charge < -0.3 is 9.64 Å². The fourth-order valence-corrected chi connectivity index (χ4v) is 5.57. The Bertz CT molecular complexity index is 860. The first-order chi connectivity index (χ1) is 13.8. The highest BCUT2D eigenvalue weighted by Gasteiger charge is 2.31. The first-order valence-corrected chi connectivity index (χ1v) is 11.9. The Balaban J connectivity index is 1.75. The van der Waals surface area contributed by atoms with E-state index < -0.39 is 10.0 Å². The largest absolute Gasteiger partial charge is 0.466 e. The number of sulfonamides is 1. The summed E-state index contributed by atoms with van der Waals surface area (Å²) in [6.07, 6.45) is 3.75. The van der Waals surface area contributed by atoms with E-state index in [0.717, 1.165) is 19.3 Å². The Hall–Kier alpha value is -1.64. The number of esters is 1. The molecule has 0 aliphatic carbocycles. The van der Waals surface area contributed by atoms with Gasteiger partial charge in [-0.05, 0) is 50.8 Å². The lowest BCUT2D eigenvalue weighted by Gasteiger charge is -2.31. The Morgan fingerprint density at radius 1 is 1.10 bits per heavy atom. The van der Waals surface area contributed by atoms with Gasteiger partial charge in [0.05, 0.1) is 28.0 Å². The van der Waals surface area contributed by atoms with E-state index in [9.17, 15) is 18.0 Å². The standard InChI is InChI=1S/C20H27ClN2O5S/c1-2-28-20(25)15-8-12-22(13-9-15)19(24)17-14-16(6-7-18(17)21)29(26,27)23-10-4-3-5-11-23/h6-7,14-15H,2-5,8-13H2,1H3. The van der Waals surface area contributed by atoms with E-state index in [4.69, 9.17) is 16.3 Å². The molecule has 3 rings (SSSR count). The van der Waals surface area contributed by atoms with Crippen molar-refractivity contribution in [3.05, 3.63) is 28.8 Å². The first kappa shape index (κ1) is 22.1. The number of hydrogen-bond acceptors (Lipinski definition) is 5. The number of piperidine rings is 2. The van der Waals surface area contributed by atoms with Crippen LogP contribution in [0.3, 0.4) is 0 Å². The number of carbonyl (C=O) groups excluding carboxylic acids is 2. The lowest BCUT2D eigenvalue weighted by molar-refractivity contribution is -0.149. The maximum Gasteiger partial charge on any atom is 0.309 e. The average Bonchev–Trinajstić information content (AvgIpc) is 2.74. The Kier molecular flexibility index (Phi) is 7.19. The summed E-state index contributed by atoms with van der Waals surface area (Å²) in [5.74, 6) is -0.749. The van der Waals surface area contributed by atoms with Crippen molar-refractivity contribution >= 4 is 33.5 Å². The number of nitrogens with zero attached hydrogens (tertiary/aromatic N) is 2. The predicted molar refractivity (Wildman–Crippen MR) is 109 cm³/mol. The molecule has 0 spiro atoms. The number of hydrogen-bond donors (Lipinski definition) is 0. The molecule has 0 bridgehead atoms. The van der Waals surface area contributed by atoms with Crippen LogP contribution in [0.15, 0.2) is 23.1 Å². The zero-order valence-electron chi connectivity index (χ0n) is 16.6. The molecule has 2 aliphatic heterocycles. The smallest absolute Gasteiger partial charge is 0.309 e. The molecule has 29 heavy (non-hydrogen) atoms. The van der Waals surface area contributed by atoms with Gasteiger partial charge in [-0.15, -0.1) is 0 Å². The van der Waals surface area contributed by atoms with Crippen molar-refractivity contribution in [2.45, 2.75) is 43.9 Å². The van der Waals surface area contributed by atoms with Crippen LogP contribution in [0.4, 0.5) is 0 Å². The molecule has 2 saturated heterocycles. The SMILES string of the molecule is CCOC(=O)C1CCN(C(=O)c2cc(S(=O)(=O)N3CCCCC3)ccc2Cl)CC1. The van der Waals surface area contributed by atoms with E-state index in [1.165, 1.54) is 22.5 Å². The van der Waals surface area contributed by atoms with Crippen molar-refractivity contribution in [2.75, 3.05) is 32.8 Å². The van der Waals surface area contributed by atoms with Gasteiger partial charge in [0, 0.05) is 26.2 Å². The molecule has 2 aliphatic rings. The van der Waals surface area contributed by atoms with Gasteiger partial charge in [0.1, 0.15) is 0 Å². The Morgan fingerprint density at radius 3 is 2.38 bits per heavy atom. The summed E-state index contributed by atoms with van der Waals surface area (Å²) in [6.45, 7) is 3.91. The molecule has 7 nitrogen and oxygen atoms in total. The molecule has 0 atom stereocenters. The molecule has 0 saturated carbocycles. The van der Waals surface area contributed by atoms with E-state index in [1.54, 1.807) is 11.8 Å². The van der Waals surface area contributed by atoms with Crippen molar-refractivity contribution in [1.29, 1.82) is 0 Å². The maximum absolute atomic E-state index is 13.0. The van der Waals surface area contributed by atoms with Crippen LogP contribution in [-0.4, -0.2) is 62.3 Å². The molecular formula is C20H27ClN2O5S. The van der Waals surface area contributed by atoms with Crippen LogP contribution in [0, 0.1) is 5.92 Å². The summed E-state index contributed by atoms with van der Waals surface area (Å²) < 4.78 is 32.4. The van der Waals surface area contributed by atoms with Crippen molar-refractivity contribution in [3.8, 4) is 0 Å². The van der Waals surface area contributed by atoms with Crippen LogP contribution < -0.4 is 0 Å². The van der Waals surface area contributed by atoms with Gasteiger partial charge in [0.25, 0.3) is 5.91 Å². The van der Waals surface area contributed by atoms with Crippen LogP contribution in [0.5, 0.6) is 0 Å². The molecule has 0 unspecified atom stereocenters. The summed E-state index contributed by atoms with van der Waals surface area (Å²) in [6, 6.07) is 4.30. The van der Waals surface area contributed by atoms with E-state index in [1.807, 2.05) is 0 Å². The average molecular weight is 443 g/mol. The summed E-state index contributed by atoms with van der Waals surface area (Å²) in [5.41, 5.74) is 0.180. The van der Waals surface area contributed by atoms with Crippen molar-refractivity contribution < 1.29 is 22.7 Å². The second-order valence-electron chi connectivity index (χ2n) is 7.42. The number of benzene rings is 1. The fraction of sp³-hybridized carbons (Fsp3) is 0.600. The van der Waals surface area contributed by atoms with Crippen molar-refractivity contribution in [3.63, 3.8) is 0 Å². The number of rotatable bonds is 5. The van der Waals surface area contributed by atoms with Gasteiger partial charge in [-0.1, -0.05) is 18.0 Å². The van der Waals surface area contributed by atoms with E-state index in [-0.39, 0.29) is 33.3 Å². The molecule has 2 heterocycles. The number of halogens is 1. The second kappa shape index (κ2) is 9.45. The van der Waals surface area contributed by atoms with Crippen LogP contribution in [0.1, 0.15) is 49.4 Å². The maximum atomic E-state index is 13.0. The molecule has 0 radical (unpaired) electrons. The molecule has 2 fully saturated rings. The monoisotopic (exact) mass is 442 g/mol. The van der Waals surface area contributed by atoms with Gasteiger partial charge >= 0.3 is 5.97 Å². The minimum absolute atomic E-state index is 0.0913. The second-order valence-corrected chi connectivity index (χ2v) is 9.77. The number of likely N-dealkylation sites (tertiary alicyclic amines) is 1. The Labute approximate surface area is 177 Å². The van der Waals surface area contributed by atoms with Gasteiger partial charge in [-0.2, -0.15) is 4.31 Å². The van der Waals surface area contributed by atoms with Gasteiger partial charge in [0.15, 0.2) is 0 Å². The summed E-state index contributed by atoms with van der Waals surface area (Å²) in [7, 11) is -3.65. The summed E-state index contributed by atoms with van der Waals surface area (Å²) >= 11 is 6.24. The first-order valence-electron chi connectivity index (χ1n) is 10.1. The quantitative estimate of drug-likeness (QED) is 0.654. The van der Waals surface area contributed by atoms with E-state index >= 15 is 0 Å². The lowest BCUT2D eigenvalue weighted by atomic mass is 9.96. The van der Waals surface area contributed by atoms with Crippen LogP contribution in [0.2, 0.25) is 5.02 Å². The zero-order valence-corrected chi connectivity index (χ0v) is 18.2. The molecular weight excluding hydrogens is 416 g/mol. The number of carbonyl (C=O) groups is 2. The lowest BCUT2D eigenvalue weighted by Crippen LogP contribution is -2.41. The molecule has 0 aromatic heterocycles. The van der Waals surface area contributed by atoms with Gasteiger partial charge in [-0.3, -0.25) is 9.59 Å². The highest BCUT2D eigenvalue weighted by Crippen LogP contribution is 2.27. The fourth-order valence-electron chi connectivity index (χ4n) is 3.83. The normalized spacial score (nSPS) is 19.2. The van der Waals surface area contributed by atoms with Crippen LogP contribution >= 0.6 is 11.6 Å². The van der Waals surface area contributed by atoms with Gasteiger partial charge in [0.2, 0.25) is 10.0 Å². The minimum Gasteiger partial charge on any atom is -0.466 e. The highest BCUT2D eigenvalue weighted by atomic mass is 35.5. The topological polar surface area (TPSA) is 84.0 Å². The highest BCUT2D eigenvalue weighted by molar-refractivity contribution is 7.89. The third-order valence-corrected chi connectivity index (χ3v) is 7.75. The molecule has 9 heteroatoms. The number of ether oxygens (including phenoxy) is 1. The molecule has 1 amide bonds. The van der Waals surface area contributed by atoms with Crippen LogP contribution in [0.25, 0.3) is 0 Å². The molecule has 1 aromatic rings. The Morgan fingerprint density at radius 2 is 1.76 bits per heavy atom. The third-order valence-electron chi connectivity index (χ3n) is 5.52. The van der Waals surface area contributed by atoms with Gasteiger partial charge in [-0.25, -0.2) is 8.42 Å². The molecule has 160 valence electrons. The molecule has 1 aromatic carbocycles. The summed E-state index contributed by atoms with van der Waals surface area (Å²) in [5, 5.41) is 0.222. The van der Waals surface area contributed by atoms with E-state index in [2.05, 4.69) is 0 Å². The number of amides is 1. The van der Waals surface area contributed by atoms with Crippen molar-refractivity contribution in [2.24, 2.45) is 5.92 Å². The molecule has 0 N–H and O–H groups in total. The third kappa shape index (κ3) is 4.92. The van der Waals surface area contributed by atoms with Crippen molar-refractivity contribution in [1.82, 2.24) is 9.21 Å². The van der Waals surface area contributed by atoms with Crippen LogP contribution in [-0.2, 0) is 19.6 Å². The summed E-state index contributed by atoms with van der Waals surface area (Å²) in [4.78, 5) is 26.6.